The van der Waals surface area contributed by atoms with Gasteiger partial charge >= 0.3 is 6.09 Å². The van der Waals surface area contributed by atoms with Crippen molar-refractivity contribution in [1.82, 2.24) is 9.88 Å². The topological polar surface area (TPSA) is 121 Å². The van der Waals surface area contributed by atoms with Crippen LogP contribution in [0.25, 0.3) is 0 Å². The maximum atomic E-state index is 12.5. The third-order valence-corrected chi connectivity index (χ3v) is 5.32. The van der Waals surface area contributed by atoms with Gasteiger partial charge in [0.25, 0.3) is 5.91 Å². The Bertz CT molecular complexity index is 1100. The lowest BCUT2D eigenvalue weighted by molar-refractivity contribution is 0.0240. The molecule has 1 saturated heterocycles. The molecule has 0 unspecified atom stereocenters. The number of pyridine rings is 1. The van der Waals surface area contributed by atoms with Crippen LogP contribution in [-0.2, 0) is 14.8 Å². The van der Waals surface area contributed by atoms with Gasteiger partial charge in [0.1, 0.15) is 11.4 Å². The van der Waals surface area contributed by atoms with Gasteiger partial charge in [0.2, 0.25) is 10.0 Å². The minimum absolute atomic E-state index is 0.299. The smallest absolute Gasteiger partial charge is 0.410 e. The molecule has 2 heterocycles. The first-order chi connectivity index (χ1) is 15.4. The van der Waals surface area contributed by atoms with Gasteiger partial charge in [0.15, 0.2) is 0 Å². The first kappa shape index (κ1) is 24.3. The summed E-state index contributed by atoms with van der Waals surface area (Å²) in [5.74, 6) is -0.0315. The summed E-state index contributed by atoms with van der Waals surface area (Å²) in [4.78, 5) is 32.9. The SMILES string of the molecule is CC(C)(C)OC(=O)N1CCN(c2ccc(NC(=O)c3cccc(NS(C)(=O)=O)c3)nc2)CC1. The summed E-state index contributed by atoms with van der Waals surface area (Å²) in [6.07, 6.45) is 2.40. The van der Waals surface area contributed by atoms with E-state index in [0.717, 1.165) is 11.9 Å². The highest BCUT2D eigenvalue weighted by atomic mass is 32.2. The van der Waals surface area contributed by atoms with E-state index >= 15 is 0 Å². The van der Waals surface area contributed by atoms with Gasteiger partial charge in [0, 0.05) is 37.4 Å². The molecule has 1 aromatic carbocycles. The predicted octanol–water partition coefficient (Wildman–Crippen LogP) is 2.76. The average Bonchev–Trinajstić information content (AvgIpc) is 2.72. The fraction of sp³-hybridized carbons (Fsp3) is 0.409. The number of benzene rings is 1. The maximum Gasteiger partial charge on any atom is 0.410 e. The Morgan fingerprint density at radius 2 is 1.76 bits per heavy atom. The second kappa shape index (κ2) is 9.65. The Labute approximate surface area is 194 Å². The summed E-state index contributed by atoms with van der Waals surface area (Å²) >= 11 is 0. The number of rotatable bonds is 5. The van der Waals surface area contributed by atoms with Crippen molar-refractivity contribution in [3.63, 3.8) is 0 Å². The summed E-state index contributed by atoms with van der Waals surface area (Å²) in [5.41, 5.74) is 0.965. The number of anilines is 3. The van der Waals surface area contributed by atoms with Gasteiger partial charge in [-0.3, -0.25) is 9.52 Å². The second-order valence-corrected chi connectivity index (χ2v) is 10.5. The zero-order valence-corrected chi connectivity index (χ0v) is 20.0. The zero-order valence-electron chi connectivity index (χ0n) is 19.2. The van der Waals surface area contributed by atoms with Gasteiger partial charge in [-0.25, -0.2) is 18.2 Å². The Hall–Kier alpha value is -3.34. The van der Waals surface area contributed by atoms with Gasteiger partial charge < -0.3 is 19.9 Å². The molecule has 10 nitrogen and oxygen atoms in total. The largest absolute Gasteiger partial charge is 0.444 e. The van der Waals surface area contributed by atoms with Crippen molar-refractivity contribution in [2.75, 3.05) is 47.4 Å². The first-order valence-electron chi connectivity index (χ1n) is 10.5. The molecule has 0 saturated carbocycles. The van der Waals surface area contributed by atoms with Crippen molar-refractivity contribution in [1.29, 1.82) is 0 Å². The van der Waals surface area contributed by atoms with Crippen LogP contribution in [0.1, 0.15) is 31.1 Å². The highest BCUT2D eigenvalue weighted by Crippen LogP contribution is 2.19. The van der Waals surface area contributed by atoms with Gasteiger partial charge in [-0.2, -0.15) is 0 Å². The molecule has 0 bridgehead atoms. The van der Waals surface area contributed by atoms with E-state index in [1.165, 1.54) is 6.07 Å². The molecule has 11 heteroatoms. The molecular formula is C22H29N5O5S. The van der Waals surface area contributed by atoms with Crippen molar-refractivity contribution < 1.29 is 22.7 Å². The van der Waals surface area contributed by atoms with Crippen LogP contribution in [0.3, 0.4) is 0 Å². The van der Waals surface area contributed by atoms with E-state index in [2.05, 4.69) is 19.9 Å². The maximum absolute atomic E-state index is 12.5. The molecule has 2 amide bonds. The summed E-state index contributed by atoms with van der Waals surface area (Å²) < 4.78 is 30.5. The van der Waals surface area contributed by atoms with E-state index < -0.39 is 21.5 Å². The molecule has 1 aromatic heterocycles. The highest BCUT2D eigenvalue weighted by molar-refractivity contribution is 7.92. The number of hydrogen-bond donors (Lipinski definition) is 2. The number of piperazine rings is 1. The number of ether oxygens (including phenoxy) is 1. The minimum atomic E-state index is -3.44. The van der Waals surface area contributed by atoms with Gasteiger partial charge in [-0.15, -0.1) is 0 Å². The number of amides is 2. The van der Waals surface area contributed by atoms with Crippen LogP contribution in [0.15, 0.2) is 42.6 Å². The number of aromatic nitrogens is 1. The van der Waals surface area contributed by atoms with Crippen LogP contribution in [0.4, 0.5) is 22.0 Å². The molecule has 0 aliphatic carbocycles. The van der Waals surface area contributed by atoms with E-state index in [1.54, 1.807) is 35.4 Å². The summed E-state index contributed by atoms with van der Waals surface area (Å²) in [6.45, 7) is 7.92. The number of carbonyl (C=O) groups is 2. The van der Waals surface area contributed by atoms with Crippen molar-refractivity contribution in [3.8, 4) is 0 Å². The monoisotopic (exact) mass is 475 g/mol. The van der Waals surface area contributed by atoms with Crippen molar-refractivity contribution >= 4 is 39.2 Å². The Morgan fingerprint density at radius 1 is 1.06 bits per heavy atom. The Kier molecular flexibility index (Phi) is 7.11. The summed E-state index contributed by atoms with van der Waals surface area (Å²) in [5, 5.41) is 2.71. The van der Waals surface area contributed by atoms with Crippen LogP contribution in [0, 0.1) is 0 Å². The lowest BCUT2D eigenvalue weighted by Crippen LogP contribution is -2.50. The lowest BCUT2D eigenvalue weighted by atomic mass is 10.2. The van der Waals surface area contributed by atoms with E-state index in [1.807, 2.05) is 26.8 Å². The minimum Gasteiger partial charge on any atom is -0.444 e. The fourth-order valence-electron chi connectivity index (χ4n) is 3.25. The zero-order chi connectivity index (χ0) is 24.2. The molecule has 178 valence electrons. The molecule has 1 fully saturated rings. The number of sulfonamides is 1. The third kappa shape index (κ3) is 7.35. The molecule has 0 spiro atoms. The highest BCUT2D eigenvalue weighted by Gasteiger charge is 2.26. The molecule has 1 aliphatic rings. The lowest BCUT2D eigenvalue weighted by Gasteiger charge is -2.36. The van der Waals surface area contributed by atoms with Crippen LogP contribution in [-0.4, -0.2) is 68.3 Å². The summed E-state index contributed by atoms with van der Waals surface area (Å²) in [6, 6.07) is 9.75. The summed E-state index contributed by atoms with van der Waals surface area (Å²) in [7, 11) is -3.44. The molecule has 3 rings (SSSR count). The van der Waals surface area contributed by atoms with E-state index in [9.17, 15) is 18.0 Å². The second-order valence-electron chi connectivity index (χ2n) is 8.77. The van der Waals surface area contributed by atoms with E-state index in [-0.39, 0.29) is 6.09 Å². The van der Waals surface area contributed by atoms with Crippen LogP contribution >= 0.6 is 0 Å². The van der Waals surface area contributed by atoms with Crippen LogP contribution < -0.4 is 14.9 Å². The normalized spacial score (nSPS) is 14.5. The first-order valence-corrected chi connectivity index (χ1v) is 12.4. The molecule has 0 atom stereocenters. The Balaban J connectivity index is 1.56. The molecule has 0 radical (unpaired) electrons. The fourth-order valence-corrected chi connectivity index (χ4v) is 3.80. The van der Waals surface area contributed by atoms with Gasteiger partial charge in [-0.1, -0.05) is 6.07 Å². The van der Waals surface area contributed by atoms with Crippen LogP contribution in [0.2, 0.25) is 0 Å². The number of nitrogens with one attached hydrogen (secondary N) is 2. The number of carbonyl (C=O) groups excluding carboxylic acids is 2. The number of hydrogen-bond acceptors (Lipinski definition) is 7. The molecular weight excluding hydrogens is 446 g/mol. The van der Waals surface area contributed by atoms with Crippen LogP contribution in [0.5, 0.6) is 0 Å². The predicted molar refractivity (Wildman–Crippen MR) is 127 cm³/mol. The van der Waals surface area contributed by atoms with Crippen molar-refractivity contribution in [2.45, 2.75) is 26.4 Å². The quantitative estimate of drug-likeness (QED) is 0.682. The standard InChI is InChI=1S/C22H29N5O5S/c1-22(2,3)32-21(29)27-12-10-26(11-13-27)18-8-9-19(23-15-18)24-20(28)16-6-5-7-17(14-16)25-33(4,30)31/h5-9,14-15,25H,10-13H2,1-4H3,(H,23,24,28). The van der Waals surface area contributed by atoms with E-state index in [4.69, 9.17) is 4.74 Å². The van der Waals surface area contributed by atoms with Crippen molar-refractivity contribution in [2.24, 2.45) is 0 Å². The van der Waals surface area contributed by atoms with Gasteiger partial charge in [0.05, 0.1) is 18.1 Å². The van der Waals surface area contributed by atoms with Crippen molar-refractivity contribution in [3.05, 3.63) is 48.2 Å². The molecule has 2 aromatic rings. The third-order valence-electron chi connectivity index (χ3n) is 4.71. The Morgan fingerprint density at radius 3 is 2.33 bits per heavy atom. The van der Waals surface area contributed by atoms with E-state index in [0.29, 0.717) is 43.2 Å². The molecule has 33 heavy (non-hydrogen) atoms. The molecule has 1 aliphatic heterocycles. The molecule has 2 N–H and O–H groups in total. The van der Waals surface area contributed by atoms with Gasteiger partial charge in [-0.05, 0) is 51.1 Å². The average molecular weight is 476 g/mol. The number of nitrogens with zero attached hydrogens (tertiary/aromatic N) is 3.